The van der Waals surface area contributed by atoms with Crippen molar-refractivity contribution in [3.8, 4) is 0 Å². The van der Waals surface area contributed by atoms with E-state index in [1.807, 2.05) is 19.9 Å². The number of aliphatic hydroxyl groups is 1. The van der Waals surface area contributed by atoms with E-state index in [-0.39, 0.29) is 54.1 Å². The van der Waals surface area contributed by atoms with Crippen LogP contribution in [0.2, 0.25) is 0 Å². The standard InChI is InChI=1S/C28H38N4O8.2ClH/c1-7-11-29-12-14-30(15-13-29)17-27(4,5)18-40-26(34)24-20(3)31(36)19(2)23(25(33)39-6)28(24,35)21-9-8-10-22(16-21)32(37)38;;/h7-10,16,35-36H,1,11-15,17-18H2,2-6H3;2*1H. The minimum Gasteiger partial charge on any atom is -0.466 e. The first-order valence-corrected chi connectivity index (χ1v) is 13.0. The van der Waals surface area contributed by atoms with E-state index in [9.17, 15) is 30.0 Å². The summed E-state index contributed by atoms with van der Waals surface area (Å²) in [6.07, 6.45) is 1.88. The van der Waals surface area contributed by atoms with Crippen LogP contribution in [0.15, 0.2) is 59.5 Å². The van der Waals surface area contributed by atoms with Crippen LogP contribution in [-0.4, -0.2) is 95.0 Å². The maximum Gasteiger partial charge on any atom is 0.339 e. The second-order valence-corrected chi connectivity index (χ2v) is 10.8. The Kier molecular flexibility index (Phi) is 13.2. The lowest BCUT2D eigenvalue weighted by atomic mass is 9.75. The van der Waals surface area contributed by atoms with Crippen molar-refractivity contribution in [3.05, 3.63) is 75.1 Å². The predicted octanol–water partition coefficient (Wildman–Crippen LogP) is 3.42. The summed E-state index contributed by atoms with van der Waals surface area (Å²) in [6.45, 7) is 15.4. The zero-order valence-corrected chi connectivity index (χ0v) is 26.1. The number of nitro benzene ring substituents is 1. The average molecular weight is 632 g/mol. The van der Waals surface area contributed by atoms with Gasteiger partial charge in [0.2, 0.25) is 0 Å². The molecule has 1 saturated heterocycles. The van der Waals surface area contributed by atoms with Crippen molar-refractivity contribution in [2.75, 3.05) is 53.0 Å². The van der Waals surface area contributed by atoms with Crippen molar-refractivity contribution in [3.63, 3.8) is 0 Å². The van der Waals surface area contributed by atoms with Gasteiger partial charge in [0, 0.05) is 62.4 Å². The van der Waals surface area contributed by atoms with Crippen molar-refractivity contribution in [1.82, 2.24) is 14.9 Å². The highest BCUT2D eigenvalue weighted by Crippen LogP contribution is 2.46. The fraction of sp³-hybridized carbons (Fsp3) is 0.500. The number of hydrogen-bond donors (Lipinski definition) is 2. The molecule has 0 bridgehead atoms. The van der Waals surface area contributed by atoms with E-state index in [4.69, 9.17) is 9.47 Å². The molecule has 42 heavy (non-hydrogen) atoms. The Bertz CT molecular complexity index is 1240. The van der Waals surface area contributed by atoms with Crippen molar-refractivity contribution >= 4 is 42.4 Å². The Morgan fingerprint density at radius 2 is 1.64 bits per heavy atom. The molecule has 2 aliphatic rings. The Hall–Kier alpha value is -3.00. The van der Waals surface area contributed by atoms with E-state index in [1.165, 1.54) is 32.0 Å². The summed E-state index contributed by atoms with van der Waals surface area (Å²) < 4.78 is 10.6. The quantitative estimate of drug-likeness (QED) is 0.170. The van der Waals surface area contributed by atoms with Gasteiger partial charge in [0.25, 0.3) is 5.69 Å². The summed E-state index contributed by atoms with van der Waals surface area (Å²) in [5.41, 5.74) is -4.58. The third-order valence-corrected chi connectivity index (χ3v) is 7.25. The Morgan fingerprint density at radius 3 is 2.17 bits per heavy atom. The number of benzene rings is 1. The molecule has 1 unspecified atom stereocenters. The highest BCUT2D eigenvalue weighted by atomic mass is 35.5. The number of methoxy groups -OCH3 is 1. The molecule has 0 spiro atoms. The molecule has 3 rings (SSSR count). The van der Waals surface area contributed by atoms with Gasteiger partial charge in [-0.15, -0.1) is 31.4 Å². The van der Waals surface area contributed by atoms with Gasteiger partial charge in [-0.25, -0.2) is 14.7 Å². The van der Waals surface area contributed by atoms with Crippen molar-refractivity contribution in [2.24, 2.45) is 5.41 Å². The Balaban J connectivity index is 0.00000441. The average Bonchev–Trinajstić information content (AvgIpc) is 2.92. The van der Waals surface area contributed by atoms with E-state index in [0.717, 1.165) is 45.9 Å². The number of hydroxylamine groups is 2. The number of piperazine rings is 1. The molecule has 1 aromatic rings. The van der Waals surface area contributed by atoms with Gasteiger partial charge in [-0.2, -0.15) is 0 Å². The maximum atomic E-state index is 13.7. The van der Waals surface area contributed by atoms with E-state index in [1.54, 1.807) is 0 Å². The first kappa shape index (κ1) is 37.0. The molecular formula is C28H40Cl2N4O8. The predicted molar refractivity (Wildman–Crippen MR) is 160 cm³/mol. The summed E-state index contributed by atoms with van der Waals surface area (Å²) in [6, 6.07) is 4.97. The number of esters is 2. The highest BCUT2D eigenvalue weighted by molar-refractivity contribution is 6.01. The summed E-state index contributed by atoms with van der Waals surface area (Å²) in [5.74, 6) is -2.01. The molecule has 1 atom stereocenters. The van der Waals surface area contributed by atoms with E-state index in [0.29, 0.717) is 11.6 Å². The van der Waals surface area contributed by atoms with Crippen LogP contribution in [0.1, 0.15) is 33.3 Å². The molecular weight excluding hydrogens is 591 g/mol. The van der Waals surface area contributed by atoms with Crippen LogP contribution in [0.3, 0.4) is 0 Å². The number of nitro groups is 1. The molecule has 2 N–H and O–H groups in total. The number of ether oxygens (including phenoxy) is 2. The zero-order chi connectivity index (χ0) is 29.8. The number of halogens is 2. The van der Waals surface area contributed by atoms with Gasteiger partial charge in [0.15, 0.2) is 5.60 Å². The van der Waals surface area contributed by atoms with Crippen LogP contribution in [0, 0.1) is 15.5 Å². The zero-order valence-electron chi connectivity index (χ0n) is 24.5. The van der Waals surface area contributed by atoms with Gasteiger partial charge in [0.05, 0.1) is 41.2 Å². The monoisotopic (exact) mass is 630 g/mol. The third kappa shape index (κ3) is 7.68. The Labute approximate surface area is 258 Å². The topological polar surface area (TPSA) is 146 Å². The molecule has 0 radical (unpaired) electrons. The molecule has 1 fully saturated rings. The van der Waals surface area contributed by atoms with Crippen LogP contribution < -0.4 is 0 Å². The molecule has 2 aliphatic heterocycles. The highest BCUT2D eigenvalue weighted by Gasteiger charge is 2.52. The van der Waals surface area contributed by atoms with E-state index in [2.05, 4.69) is 16.4 Å². The Morgan fingerprint density at radius 1 is 1.10 bits per heavy atom. The number of allylic oxidation sites excluding steroid dienone is 2. The third-order valence-electron chi connectivity index (χ3n) is 7.25. The number of non-ortho nitro benzene ring substituents is 1. The SMILES string of the molecule is C=CCN1CCN(CC(C)(C)COC(=O)C2=C(C)N(O)C(C)=C(C(=O)OC)C2(O)c2cccc([N+](=O)[O-])c2)CC1.Cl.Cl. The molecule has 0 saturated carbocycles. The van der Waals surface area contributed by atoms with Crippen LogP contribution >= 0.6 is 24.8 Å². The van der Waals surface area contributed by atoms with Crippen molar-refractivity contribution in [2.45, 2.75) is 33.3 Å². The largest absolute Gasteiger partial charge is 0.466 e. The molecule has 12 nitrogen and oxygen atoms in total. The molecule has 14 heteroatoms. The maximum absolute atomic E-state index is 13.7. The molecule has 0 aliphatic carbocycles. The van der Waals surface area contributed by atoms with E-state index >= 15 is 0 Å². The molecule has 234 valence electrons. The summed E-state index contributed by atoms with van der Waals surface area (Å²) in [4.78, 5) is 42.0. The lowest BCUT2D eigenvalue weighted by Gasteiger charge is -2.40. The second-order valence-electron chi connectivity index (χ2n) is 10.8. The number of hydrogen-bond acceptors (Lipinski definition) is 11. The number of nitrogens with zero attached hydrogens (tertiary/aromatic N) is 4. The van der Waals surface area contributed by atoms with Gasteiger partial charge in [0.1, 0.15) is 0 Å². The van der Waals surface area contributed by atoms with Crippen LogP contribution in [0.4, 0.5) is 5.69 Å². The van der Waals surface area contributed by atoms with Crippen LogP contribution in [0.25, 0.3) is 0 Å². The minimum atomic E-state index is -2.50. The first-order valence-electron chi connectivity index (χ1n) is 13.0. The summed E-state index contributed by atoms with van der Waals surface area (Å²) >= 11 is 0. The van der Waals surface area contributed by atoms with Crippen molar-refractivity contribution < 1.29 is 34.3 Å². The number of carbonyl (C=O) groups is 2. The summed E-state index contributed by atoms with van der Waals surface area (Å²) in [5, 5.41) is 35.0. The first-order chi connectivity index (χ1) is 18.8. The fourth-order valence-electron chi connectivity index (χ4n) is 5.23. The molecule has 2 heterocycles. The van der Waals surface area contributed by atoms with Gasteiger partial charge < -0.3 is 19.5 Å². The lowest BCUT2D eigenvalue weighted by Crippen LogP contribution is -2.50. The molecule has 1 aromatic carbocycles. The van der Waals surface area contributed by atoms with Gasteiger partial charge in [-0.1, -0.05) is 32.1 Å². The van der Waals surface area contributed by atoms with Crippen molar-refractivity contribution in [1.29, 1.82) is 0 Å². The van der Waals surface area contributed by atoms with Crippen LogP contribution in [-0.2, 0) is 24.7 Å². The molecule has 0 aromatic heterocycles. The van der Waals surface area contributed by atoms with Gasteiger partial charge in [-0.3, -0.25) is 20.2 Å². The van der Waals surface area contributed by atoms with Gasteiger partial charge in [-0.05, 0) is 13.8 Å². The molecule has 0 amide bonds. The number of carbonyl (C=O) groups excluding carboxylic acids is 2. The summed E-state index contributed by atoms with van der Waals surface area (Å²) in [7, 11) is 1.08. The van der Waals surface area contributed by atoms with Gasteiger partial charge >= 0.3 is 11.9 Å². The fourth-order valence-corrected chi connectivity index (χ4v) is 5.23. The lowest BCUT2D eigenvalue weighted by molar-refractivity contribution is -0.385. The smallest absolute Gasteiger partial charge is 0.339 e. The van der Waals surface area contributed by atoms with Crippen LogP contribution in [0.5, 0.6) is 0 Å². The second kappa shape index (κ2) is 14.9. The minimum absolute atomic E-state index is 0. The van der Waals surface area contributed by atoms with E-state index < -0.39 is 39.0 Å². The normalized spacial score (nSPS) is 19.9. The number of rotatable bonds is 10.